The Balaban J connectivity index is 1.96. The molecule has 0 fully saturated rings. The fourth-order valence-electron chi connectivity index (χ4n) is 19.3. The van der Waals surface area contributed by atoms with Gasteiger partial charge in [0.1, 0.15) is 75.9 Å². The normalized spacial score (nSPS) is 11.4. The average molecular weight is 1930 g/mol. The lowest BCUT2D eigenvalue weighted by Gasteiger charge is -2.23. The number of esters is 4. The first-order valence-electron chi connectivity index (χ1n) is 58.0. The van der Waals surface area contributed by atoms with Crippen molar-refractivity contribution in [3.63, 3.8) is 0 Å². The predicted molar refractivity (Wildman–Crippen MR) is 587 cm³/mol. The molecule has 0 saturated heterocycles. The lowest BCUT2D eigenvalue weighted by Crippen LogP contribution is -2.16. The zero-order valence-corrected chi connectivity index (χ0v) is 90.6. The number of rotatable bonds is 97. The number of ether oxygens (including phenoxy) is 8. The largest absolute Gasteiger partial charge is 0.490 e. The Kier molecular flexibility index (Phi) is 76.7. The van der Waals surface area contributed by atoms with Gasteiger partial charge in [-0.25, -0.2) is 19.2 Å². The molecule has 139 heavy (non-hydrogen) atoms. The Bertz CT molecular complexity index is 3880. The van der Waals surface area contributed by atoms with Gasteiger partial charge in [-0.2, -0.15) is 0 Å². The molecule has 0 heterocycles. The van der Waals surface area contributed by atoms with E-state index in [2.05, 4.69) is 109 Å². The van der Waals surface area contributed by atoms with Crippen LogP contribution in [0.4, 0.5) is 0 Å². The minimum absolute atomic E-state index is 0.00892. The highest BCUT2D eigenvalue weighted by molar-refractivity contribution is 5.95. The van der Waals surface area contributed by atoms with Gasteiger partial charge in [-0.3, -0.25) is 4.79 Å². The van der Waals surface area contributed by atoms with Crippen LogP contribution in [0.3, 0.4) is 0 Å². The molecule has 0 aliphatic carbocycles. The van der Waals surface area contributed by atoms with Crippen molar-refractivity contribution >= 4 is 29.7 Å². The number of ketones is 1. The van der Waals surface area contributed by atoms with Crippen LogP contribution in [0, 0.1) is 0 Å². The van der Waals surface area contributed by atoms with Crippen molar-refractivity contribution in [1.82, 2.24) is 0 Å². The van der Waals surface area contributed by atoms with Gasteiger partial charge in [0.05, 0.1) is 0 Å². The summed E-state index contributed by atoms with van der Waals surface area (Å²) >= 11 is 0. The summed E-state index contributed by atoms with van der Waals surface area (Å²) in [5.74, 6) is 0.596. The number of benzene rings is 4. The van der Waals surface area contributed by atoms with Crippen molar-refractivity contribution in [1.29, 1.82) is 0 Å². The number of allylic oxidation sites excluding steroid dienone is 1. The summed E-state index contributed by atoms with van der Waals surface area (Å²) in [7, 11) is 0. The van der Waals surface area contributed by atoms with E-state index < -0.39 is 23.9 Å². The monoisotopic (exact) mass is 1930 g/mol. The summed E-state index contributed by atoms with van der Waals surface area (Å²) in [5, 5.41) is 0. The molecule has 4 aromatic carbocycles. The van der Waals surface area contributed by atoms with Gasteiger partial charge >= 0.3 is 23.9 Å². The molecular weight excluding hydrogens is 1720 g/mol. The molecule has 13 heteroatoms. The van der Waals surface area contributed by atoms with E-state index in [9.17, 15) is 24.0 Å². The highest BCUT2D eigenvalue weighted by atomic mass is 16.6. The van der Waals surface area contributed by atoms with Crippen LogP contribution in [0.15, 0.2) is 104 Å². The second kappa shape index (κ2) is 86.1. The van der Waals surface area contributed by atoms with E-state index in [4.69, 9.17) is 37.9 Å². The van der Waals surface area contributed by atoms with E-state index in [1.54, 1.807) is 20.8 Å². The van der Waals surface area contributed by atoms with Crippen LogP contribution in [-0.2, 0) is 94.3 Å². The number of aryl methyl sites for hydroxylation is 5. The Labute approximate surface area is 851 Å². The summed E-state index contributed by atoms with van der Waals surface area (Å²) in [5.41, 5.74) is 12.4. The Morgan fingerprint density at radius 1 is 0.252 bits per heavy atom. The van der Waals surface area contributed by atoms with Crippen LogP contribution >= 0.6 is 0 Å². The lowest BCUT2D eigenvalue weighted by atomic mass is 9.89. The minimum atomic E-state index is -0.622. The average Bonchev–Trinajstić information content (AvgIpc) is 0.783. The summed E-state index contributed by atoms with van der Waals surface area (Å²) in [6, 6.07) is 20.7. The fraction of sp³-hybridized carbons (Fsp3) is 0.706. The highest BCUT2D eigenvalue weighted by Gasteiger charge is 2.24. The second-order valence-electron chi connectivity index (χ2n) is 40.7. The summed E-state index contributed by atoms with van der Waals surface area (Å²) < 4.78 is 51.2. The maximum Gasteiger partial charge on any atom is 0.333 e. The van der Waals surface area contributed by atoms with Crippen molar-refractivity contribution in [2.75, 3.05) is 52.9 Å². The van der Waals surface area contributed by atoms with Crippen molar-refractivity contribution < 1.29 is 61.9 Å². The quantitative estimate of drug-likeness (QED) is 0.0178. The van der Waals surface area contributed by atoms with E-state index >= 15 is 0 Å². The predicted octanol–water partition coefficient (Wildman–Crippen LogP) is 35.8. The van der Waals surface area contributed by atoms with Crippen LogP contribution in [0.25, 0.3) is 0 Å². The van der Waals surface area contributed by atoms with Crippen molar-refractivity contribution in [3.8, 4) is 23.0 Å². The van der Waals surface area contributed by atoms with Crippen LogP contribution in [0.2, 0.25) is 0 Å². The van der Waals surface area contributed by atoms with Gasteiger partial charge in [-0.1, -0.05) is 495 Å². The molecule has 0 bridgehead atoms. The number of carbonyl (C=O) groups is 5. The number of carbonyl (C=O) groups excluding carboxylic acids is 5. The maximum absolute atomic E-state index is 13.4. The molecule has 0 aliphatic rings. The standard InChI is InChI=1S/C126H204O13/c1-12-19-23-27-31-35-39-43-47-51-55-59-63-67-71-75-79-107-83-85-119(132-87-88-133-120(128)18-7)112(95-107)102-113-98-109(81-77-73-69-65-61-57-53-49-45-41-37-33-29-25-21-14-3)99-116(123(113)136-90-89-134-121(129)86-84-118(127)17-6)104-117-101-110(82-78-74-70-66-62-58-54-50-46-42-38-34-30-26-22-15-4)100-115(124(117)137-92-94-139-126(131)106(10)11)103-114-97-108(96-111(16-5)122(114)135-91-93-138-125(130)105(8)9)80-76-72-68-64-60-56-52-48-44-40-36-32-28-24-20-13-2/h18,83-86,95-101H,7-8,10,12-17,19-82,87-94,102-104H2,1-6,9,11H3/b86-84-. The summed E-state index contributed by atoms with van der Waals surface area (Å²) in [6.45, 7) is 28.3. The van der Waals surface area contributed by atoms with Crippen LogP contribution in [-0.4, -0.2) is 82.5 Å². The number of hydrogen-bond acceptors (Lipinski definition) is 13. The fourth-order valence-corrected chi connectivity index (χ4v) is 19.3. The first-order valence-corrected chi connectivity index (χ1v) is 58.0. The Hall–Kier alpha value is -7.41. The van der Waals surface area contributed by atoms with E-state index in [0.29, 0.717) is 47.7 Å². The maximum atomic E-state index is 13.4. The van der Waals surface area contributed by atoms with Crippen molar-refractivity contribution in [2.45, 2.75) is 524 Å². The summed E-state index contributed by atoms with van der Waals surface area (Å²) in [4.78, 5) is 64.6. The van der Waals surface area contributed by atoms with Gasteiger partial charge < -0.3 is 37.9 Å². The third-order valence-electron chi connectivity index (χ3n) is 27.7. The molecule has 4 aromatic rings. The Morgan fingerprint density at radius 3 is 0.748 bits per heavy atom. The molecule has 0 aromatic heterocycles. The molecule has 0 spiro atoms. The van der Waals surface area contributed by atoms with Crippen LogP contribution in [0.1, 0.15) is 534 Å². The van der Waals surface area contributed by atoms with E-state index in [1.165, 1.54) is 400 Å². The van der Waals surface area contributed by atoms with Crippen molar-refractivity contribution in [2.24, 2.45) is 0 Å². The van der Waals surface area contributed by atoms with Crippen LogP contribution < -0.4 is 18.9 Å². The molecule has 4 rings (SSSR count). The van der Waals surface area contributed by atoms with E-state index in [0.717, 1.165) is 128 Å². The molecule has 0 radical (unpaired) electrons. The van der Waals surface area contributed by atoms with Gasteiger partial charge in [-0.15, -0.1) is 0 Å². The van der Waals surface area contributed by atoms with Crippen molar-refractivity contribution in [3.05, 3.63) is 165 Å². The molecule has 0 unspecified atom stereocenters. The highest BCUT2D eigenvalue weighted by Crippen LogP contribution is 2.40. The zero-order chi connectivity index (χ0) is 100. The second-order valence-corrected chi connectivity index (χ2v) is 40.7. The zero-order valence-electron chi connectivity index (χ0n) is 90.6. The Morgan fingerprint density at radius 2 is 0.482 bits per heavy atom. The van der Waals surface area contributed by atoms with Gasteiger partial charge in [0.25, 0.3) is 0 Å². The van der Waals surface area contributed by atoms with Gasteiger partial charge in [-0.05, 0) is 145 Å². The van der Waals surface area contributed by atoms with Crippen LogP contribution in [0.5, 0.6) is 23.0 Å². The van der Waals surface area contributed by atoms with E-state index in [1.807, 2.05) is 0 Å². The van der Waals surface area contributed by atoms with Gasteiger partial charge in [0, 0.05) is 49.0 Å². The van der Waals surface area contributed by atoms with E-state index in [-0.39, 0.29) is 65.1 Å². The third-order valence-corrected chi connectivity index (χ3v) is 27.7. The third kappa shape index (κ3) is 63.4. The lowest BCUT2D eigenvalue weighted by molar-refractivity contribution is -0.140. The molecule has 0 amide bonds. The summed E-state index contributed by atoms with van der Waals surface area (Å²) in [6.07, 6.45) is 92.4. The van der Waals surface area contributed by atoms with Gasteiger partial charge in [0.2, 0.25) is 0 Å². The minimum Gasteiger partial charge on any atom is -0.490 e. The molecule has 0 N–H and O–H groups in total. The smallest absolute Gasteiger partial charge is 0.333 e. The molecule has 0 aliphatic heterocycles. The first-order chi connectivity index (χ1) is 68.1. The van der Waals surface area contributed by atoms with Gasteiger partial charge in [0.15, 0.2) is 5.78 Å². The first kappa shape index (κ1) is 124. The molecule has 13 nitrogen and oxygen atoms in total. The number of hydrogen-bond donors (Lipinski definition) is 0. The topological polar surface area (TPSA) is 159 Å². The SMILES string of the molecule is C=CC(=O)OCCOc1ccc(CCCCCCCCCCCCCCCCCC)cc1Cc1cc(CCCCCCCCCCCCCCCCCC)cc(Cc2cc(CCCCCCCCCCCCCCCCCC)cc(Cc3cc(CCCCCCCCCCCCCCCCCC)cc(CC)c3OCCOC(=O)C(=C)C)c2OCCOC(=O)C(=C)C)c1OCCOC(=O)/C=C\C(=O)CC. The molecule has 0 atom stereocenters. The number of unbranched alkanes of at least 4 members (excludes halogenated alkanes) is 60. The molecular formula is C126H204O13. The molecule has 0 saturated carbocycles. The molecule has 786 valence electrons.